The smallest absolute Gasteiger partial charge is 0.311 e. The number of likely N-dealkylation sites (tertiary alicyclic amines) is 1. The highest BCUT2D eigenvalue weighted by Crippen LogP contribution is 2.36. The summed E-state index contributed by atoms with van der Waals surface area (Å²) in [5.41, 5.74) is -0.0594. The van der Waals surface area contributed by atoms with Gasteiger partial charge in [0.15, 0.2) is 9.84 Å². The fraction of sp³-hybridized carbons (Fsp3) is 0.632. The lowest BCUT2D eigenvalue weighted by Gasteiger charge is -2.35. The van der Waals surface area contributed by atoms with E-state index in [0.29, 0.717) is 31.6 Å². The molecule has 0 saturated carbocycles. The van der Waals surface area contributed by atoms with Crippen molar-refractivity contribution in [2.45, 2.75) is 43.4 Å². The van der Waals surface area contributed by atoms with Crippen LogP contribution < -0.4 is 4.90 Å². The van der Waals surface area contributed by atoms with E-state index in [9.17, 15) is 23.3 Å². The average Bonchev–Trinajstić information content (AvgIpc) is 2.95. The van der Waals surface area contributed by atoms with Crippen LogP contribution in [-0.4, -0.2) is 56.6 Å². The molecule has 9 heteroatoms. The Hall–Kier alpha value is -2.16. The molecule has 0 radical (unpaired) electrons. The van der Waals surface area contributed by atoms with Crippen molar-refractivity contribution in [3.8, 4) is 0 Å². The van der Waals surface area contributed by atoms with Crippen molar-refractivity contribution < 1.29 is 18.1 Å². The molecule has 0 spiro atoms. The SMILES string of the molecule is CS(=O)(=O)c1cccc(N2CCC(C(=O)N3CCCCCC3)CC2)c1[N+](=O)[O-]. The fourth-order valence-electron chi connectivity index (χ4n) is 4.17. The minimum atomic E-state index is -3.71. The number of hydrogen-bond acceptors (Lipinski definition) is 6. The Kier molecular flexibility index (Phi) is 6.22. The number of nitro groups is 1. The van der Waals surface area contributed by atoms with Crippen molar-refractivity contribution in [1.29, 1.82) is 0 Å². The quantitative estimate of drug-likeness (QED) is 0.560. The Morgan fingerprint density at radius 3 is 2.21 bits per heavy atom. The molecule has 2 fully saturated rings. The van der Waals surface area contributed by atoms with Crippen LogP contribution >= 0.6 is 0 Å². The number of carbonyl (C=O) groups is 1. The van der Waals surface area contributed by atoms with Crippen LogP contribution in [0.5, 0.6) is 0 Å². The fourth-order valence-corrected chi connectivity index (χ4v) is 5.02. The number of piperidine rings is 1. The van der Waals surface area contributed by atoms with Crippen LogP contribution in [0.2, 0.25) is 0 Å². The molecule has 154 valence electrons. The van der Waals surface area contributed by atoms with Crippen LogP contribution in [0.3, 0.4) is 0 Å². The van der Waals surface area contributed by atoms with Gasteiger partial charge in [-0.25, -0.2) is 8.42 Å². The highest BCUT2D eigenvalue weighted by molar-refractivity contribution is 7.90. The minimum Gasteiger partial charge on any atom is -0.366 e. The van der Waals surface area contributed by atoms with E-state index in [0.717, 1.165) is 32.2 Å². The highest BCUT2D eigenvalue weighted by atomic mass is 32.2. The molecule has 2 saturated heterocycles. The zero-order valence-corrected chi connectivity index (χ0v) is 17.0. The first kappa shape index (κ1) is 20.6. The summed E-state index contributed by atoms with van der Waals surface area (Å²) < 4.78 is 23.9. The highest BCUT2D eigenvalue weighted by Gasteiger charge is 2.33. The molecule has 28 heavy (non-hydrogen) atoms. The molecule has 0 bridgehead atoms. The van der Waals surface area contributed by atoms with Gasteiger partial charge in [0.2, 0.25) is 5.91 Å². The molecule has 3 rings (SSSR count). The summed E-state index contributed by atoms with van der Waals surface area (Å²) in [7, 11) is -3.71. The lowest BCUT2D eigenvalue weighted by Crippen LogP contribution is -2.43. The summed E-state index contributed by atoms with van der Waals surface area (Å²) >= 11 is 0. The van der Waals surface area contributed by atoms with Crippen LogP contribution in [0.1, 0.15) is 38.5 Å². The molecular weight excluding hydrogens is 382 g/mol. The topological polar surface area (TPSA) is 101 Å². The van der Waals surface area contributed by atoms with Gasteiger partial charge in [-0.3, -0.25) is 14.9 Å². The van der Waals surface area contributed by atoms with Crippen LogP contribution in [0.4, 0.5) is 11.4 Å². The Morgan fingerprint density at radius 1 is 1.07 bits per heavy atom. The van der Waals surface area contributed by atoms with Gasteiger partial charge in [-0.05, 0) is 37.8 Å². The van der Waals surface area contributed by atoms with E-state index in [-0.39, 0.29) is 22.4 Å². The second-order valence-electron chi connectivity index (χ2n) is 7.65. The Bertz CT molecular complexity index is 839. The second-order valence-corrected chi connectivity index (χ2v) is 9.64. The summed E-state index contributed by atoms with van der Waals surface area (Å²) in [6, 6.07) is 4.39. The predicted molar refractivity (Wildman–Crippen MR) is 106 cm³/mol. The third-order valence-corrected chi connectivity index (χ3v) is 6.79. The third-order valence-electron chi connectivity index (χ3n) is 5.66. The first-order chi connectivity index (χ1) is 13.3. The predicted octanol–water partition coefficient (Wildman–Crippen LogP) is 2.62. The Labute approximate surface area is 165 Å². The van der Waals surface area contributed by atoms with E-state index >= 15 is 0 Å². The van der Waals surface area contributed by atoms with Crippen LogP contribution in [0.25, 0.3) is 0 Å². The van der Waals surface area contributed by atoms with Gasteiger partial charge in [-0.15, -0.1) is 0 Å². The van der Waals surface area contributed by atoms with Gasteiger partial charge in [0, 0.05) is 38.4 Å². The molecule has 0 aromatic heterocycles. The second kappa shape index (κ2) is 8.46. The monoisotopic (exact) mass is 409 g/mol. The normalized spacial score (nSPS) is 19.3. The van der Waals surface area contributed by atoms with Crippen LogP contribution in [-0.2, 0) is 14.6 Å². The van der Waals surface area contributed by atoms with Gasteiger partial charge in [0.1, 0.15) is 10.6 Å². The van der Waals surface area contributed by atoms with E-state index in [1.165, 1.54) is 25.0 Å². The van der Waals surface area contributed by atoms with Crippen LogP contribution in [0.15, 0.2) is 23.1 Å². The standard InChI is InChI=1S/C19H27N3O5S/c1-28(26,27)17-8-6-7-16(18(17)22(24)25)20-13-9-15(10-14-20)19(23)21-11-4-2-3-5-12-21/h6-8,15H,2-5,9-14H2,1H3. The number of sulfone groups is 1. The van der Waals surface area contributed by atoms with E-state index in [1.807, 2.05) is 9.80 Å². The summed E-state index contributed by atoms with van der Waals surface area (Å²) in [5.74, 6) is 0.132. The molecule has 1 aromatic rings. The summed E-state index contributed by atoms with van der Waals surface area (Å²) in [6.45, 7) is 2.64. The van der Waals surface area contributed by atoms with Gasteiger partial charge in [-0.1, -0.05) is 18.9 Å². The number of amides is 1. The minimum absolute atomic E-state index is 0.0634. The number of rotatable bonds is 4. The largest absolute Gasteiger partial charge is 0.366 e. The maximum Gasteiger partial charge on any atom is 0.311 e. The summed E-state index contributed by atoms with van der Waals surface area (Å²) in [4.78, 5) is 27.3. The maximum atomic E-state index is 12.8. The van der Waals surface area contributed by atoms with Crippen molar-refractivity contribution in [2.75, 3.05) is 37.3 Å². The number of carbonyl (C=O) groups excluding carboxylic acids is 1. The van der Waals surface area contributed by atoms with Crippen molar-refractivity contribution in [1.82, 2.24) is 4.90 Å². The molecule has 2 aliphatic heterocycles. The Balaban J connectivity index is 1.75. The molecule has 1 amide bonds. The summed E-state index contributed by atoms with van der Waals surface area (Å²) in [5, 5.41) is 11.6. The zero-order valence-electron chi connectivity index (χ0n) is 16.2. The van der Waals surface area contributed by atoms with Crippen molar-refractivity contribution in [2.24, 2.45) is 5.92 Å². The van der Waals surface area contributed by atoms with Gasteiger partial charge in [-0.2, -0.15) is 0 Å². The number of anilines is 1. The maximum absolute atomic E-state index is 12.8. The summed E-state index contributed by atoms with van der Waals surface area (Å²) in [6.07, 6.45) is 6.66. The van der Waals surface area contributed by atoms with Crippen molar-refractivity contribution in [3.05, 3.63) is 28.3 Å². The first-order valence-electron chi connectivity index (χ1n) is 9.80. The van der Waals surface area contributed by atoms with Gasteiger partial charge < -0.3 is 9.80 Å². The molecule has 1 aromatic carbocycles. The zero-order chi connectivity index (χ0) is 20.3. The molecule has 2 aliphatic rings. The number of hydrogen-bond donors (Lipinski definition) is 0. The van der Waals surface area contributed by atoms with Gasteiger partial charge in [0.05, 0.1) is 4.92 Å². The molecule has 0 aliphatic carbocycles. The lowest BCUT2D eigenvalue weighted by molar-refractivity contribution is -0.387. The average molecular weight is 410 g/mol. The van der Waals surface area contributed by atoms with Gasteiger partial charge >= 0.3 is 5.69 Å². The van der Waals surface area contributed by atoms with Crippen molar-refractivity contribution in [3.63, 3.8) is 0 Å². The molecule has 0 N–H and O–H groups in total. The molecule has 0 unspecified atom stereocenters. The first-order valence-corrected chi connectivity index (χ1v) is 11.7. The van der Waals surface area contributed by atoms with Crippen molar-refractivity contribution >= 4 is 27.1 Å². The number of nitro benzene ring substituents is 1. The number of para-hydroxylation sites is 1. The number of benzene rings is 1. The van der Waals surface area contributed by atoms with E-state index < -0.39 is 14.8 Å². The van der Waals surface area contributed by atoms with E-state index in [1.54, 1.807) is 6.07 Å². The number of nitrogens with zero attached hydrogens (tertiary/aromatic N) is 3. The molecule has 0 atom stereocenters. The molecule has 2 heterocycles. The third kappa shape index (κ3) is 4.45. The molecular formula is C19H27N3O5S. The van der Waals surface area contributed by atoms with E-state index in [2.05, 4.69) is 0 Å². The van der Waals surface area contributed by atoms with Crippen LogP contribution in [0, 0.1) is 16.0 Å². The van der Waals surface area contributed by atoms with Gasteiger partial charge in [0.25, 0.3) is 0 Å². The Morgan fingerprint density at radius 2 is 1.68 bits per heavy atom. The molecule has 8 nitrogen and oxygen atoms in total. The lowest BCUT2D eigenvalue weighted by atomic mass is 9.94. The van der Waals surface area contributed by atoms with E-state index in [4.69, 9.17) is 0 Å².